The topological polar surface area (TPSA) is 12.0 Å². The molecule has 0 atom stereocenters. The van der Waals surface area contributed by atoms with E-state index in [0.717, 1.165) is 20.1 Å². The van der Waals surface area contributed by atoms with E-state index < -0.39 is 0 Å². The maximum atomic E-state index is 13.1. The Morgan fingerprint density at radius 2 is 1.74 bits per heavy atom. The Kier molecular flexibility index (Phi) is 5.39. The van der Waals surface area contributed by atoms with E-state index in [-0.39, 0.29) is 5.82 Å². The highest BCUT2D eigenvalue weighted by Gasteiger charge is 2.03. The molecule has 0 aliphatic heterocycles. The summed E-state index contributed by atoms with van der Waals surface area (Å²) >= 11 is 12.8. The van der Waals surface area contributed by atoms with Crippen molar-refractivity contribution in [3.63, 3.8) is 0 Å². The van der Waals surface area contributed by atoms with Gasteiger partial charge in [-0.05, 0) is 57.4 Å². The molecular formula is C14H11Br2ClFN. The summed E-state index contributed by atoms with van der Waals surface area (Å²) in [5, 5.41) is 3.95. The van der Waals surface area contributed by atoms with E-state index in [1.807, 2.05) is 18.2 Å². The molecule has 5 heteroatoms. The maximum Gasteiger partial charge on any atom is 0.123 e. The third-order valence-electron chi connectivity index (χ3n) is 2.64. The molecule has 19 heavy (non-hydrogen) atoms. The van der Waals surface area contributed by atoms with Gasteiger partial charge in [0.25, 0.3) is 0 Å². The van der Waals surface area contributed by atoms with Crippen molar-refractivity contribution in [1.29, 1.82) is 0 Å². The first kappa shape index (κ1) is 15.0. The lowest BCUT2D eigenvalue weighted by atomic mass is 10.2. The van der Waals surface area contributed by atoms with Crippen LogP contribution in [0.1, 0.15) is 11.1 Å². The van der Waals surface area contributed by atoms with Crippen LogP contribution in [-0.2, 0) is 13.1 Å². The highest BCUT2D eigenvalue weighted by molar-refractivity contribution is 9.10. The van der Waals surface area contributed by atoms with Crippen molar-refractivity contribution in [2.45, 2.75) is 13.1 Å². The summed E-state index contributed by atoms with van der Waals surface area (Å²) < 4.78 is 14.9. The number of rotatable bonds is 4. The Bertz CT molecular complexity index is 590. The molecule has 2 aromatic rings. The standard InChI is InChI=1S/C14H11Br2ClFN/c15-12-4-2-11(18)6-10(12)8-19-7-9-1-3-13(16)14(17)5-9/h1-6,19H,7-8H2. The van der Waals surface area contributed by atoms with Crippen molar-refractivity contribution >= 4 is 43.5 Å². The molecule has 1 N–H and O–H groups in total. The van der Waals surface area contributed by atoms with E-state index in [1.165, 1.54) is 12.1 Å². The minimum atomic E-state index is -0.230. The van der Waals surface area contributed by atoms with Gasteiger partial charge in [0.05, 0.1) is 5.02 Å². The first-order valence-electron chi connectivity index (χ1n) is 5.65. The van der Waals surface area contributed by atoms with Crippen molar-refractivity contribution in [2.75, 3.05) is 0 Å². The van der Waals surface area contributed by atoms with Crippen molar-refractivity contribution in [2.24, 2.45) is 0 Å². The minimum Gasteiger partial charge on any atom is -0.309 e. The molecule has 0 saturated heterocycles. The van der Waals surface area contributed by atoms with Crippen molar-refractivity contribution < 1.29 is 4.39 Å². The van der Waals surface area contributed by atoms with E-state index in [2.05, 4.69) is 37.2 Å². The molecular weight excluding hydrogens is 396 g/mol. The third kappa shape index (κ3) is 4.28. The van der Waals surface area contributed by atoms with Crippen LogP contribution < -0.4 is 5.32 Å². The summed E-state index contributed by atoms with van der Waals surface area (Å²) in [4.78, 5) is 0. The number of nitrogens with one attached hydrogen (secondary N) is 1. The lowest BCUT2D eigenvalue weighted by Gasteiger charge is -2.08. The van der Waals surface area contributed by atoms with Crippen molar-refractivity contribution in [1.82, 2.24) is 5.32 Å². The number of hydrogen-bond acceptors (Lipinski definition) is 1. The predicted molar refractivity (Wildman–Crippen MR) is 83.8 cm³/mol. The summed E-state index contributed by atoms with van der Waals surface area (Å²) in [6, 6.07) is 10.5. The summed E-state index contributed by atoms with van der Waals surface area (Å²) in [6.45, 7) is 1.27. The van der Waals surface area contributed by atoms with Crippen molar-refractivity contribution in [3.05, 3.63) is 67.3 Å². The van der Waals surface area contributed by atoms with E-state index in [1.54, 1.807) is 6.07 Å². The van der Waals surface area contributed by atoms with E-state index in [0.29, 0.717) is 18.1 Å². The summed E-state index contributed by atoms with van der Waals surface area (Å²) in [5.74, 6) is -0.230. The molecule has 0 radical (unpaired) electrons. The molecule has 0 amide bonds. The van der Waals surface area contributed by atoms with Crippen LogP contribution in [0.4, 0.5) is 4.39 Å². The average Bonchev–Trinajstić information content (AvgIpc) is 2.38. The zero-order chi connectivity index (χ0) is 13.8. The molecule has 0 unspecified atom stereocenters. The third-order valence-corrected chi connectivity index (χ3v) is 4.64. The zero-order valence-corrected chi connectivity index (χ0v) is 13.8. The first-order valence-corrected chi connectivity index (χ1v) is 7.61. The Morgan fingerprint density at radius 3 is 2.47 bits per heavy atom. The number of halogens is 4. The molecule has 0 fully saturated rings. The lowest BCUT2D eigenvalue weighted by molar-refractivity contribution is 0.619. The van der Waals surface area contributed by atoms with Gasteiger partial charge in [0.1, 0.15) is 5.82 Å². The fourth-order valence-electron chi connectivity index (χ4n) is 1.67. The zero-order valence-electron chi connectivity index (χ0n) is 9.89. The Hall–Kier alpha value is -0.420. The van der Waals surface area contributed by atoms with Crippen LogP contribution in [0.5, 0.6) is 0 Å². The van der Waals surface area contributed by atoms with Gasteiger partial charge in [-0.15, -0.1) is 0 Å². The molecule has 2 rings (SSSR count). The SMILES string of the molecule is Fc1ccc(Br)c(CNCc2ccc(Br)c(Cl)c2)c1. The summed E-state index contributed by atoms with van der Waals surface area (Å²) in [6.07, 6.45) is 0. The van der Waals surface area contributed by atoms with Gasteiger partial charge in [0, 0.05) is 22.0 Å². The second-order valence-electron chi connectivity index (χ2n) is 4.09. The smallest absolute Gasteiger partial charge is 0.123 e. The van der Waals surface area contributed by atoms with E-state index in [9.17, 15) is 4.39 Å². The van der Waals surface area contributed by atoms with Gasteiger partial charge in [-0.1, -0.05) is 33.6 Å². The molecule has 0 bridgehead atoms. The van der Waals surface area contributed by atoms with E-state index >= 15 is 0 Å². The molecule has 0 aliphatic rings. The summed E-state index contributed by atoms with van der Waals surface area (Å²) in [7, 11) is 0. The van der Waals surface area contributed by atoms with Gasteiger partial charge in [0.15, 0.2) is 0 Å². The van der Waals surface area contributed by atoms with Gasteiger partial charge in [-0.25, -0.2) is 4.39 Å². The van der Waals surface area contributed by atoms with Crippen LogP contribution in [0.15, 0.2) is 45.3 Å². The van der Waals surface area contributed by atoms with Crippen LogP contribution >= 0.6 is 43.5 Å². The molecule has 0 aromatic heterocycles. The highest BCUT2D eigenvalue weighted by atomic mass is 79.9. The van der Waals surface area contributed by atoms with Crippen LogP contribution in [0.2, 0.25) is 5.02 Å². The molecule has 0 aliphatic carbocycles. The average molecular weight is 408 g/mol. The normalized spacial score (nSPS) is 10.7. The monoisotopic (exact) mass is 405 g/mol. The Labute approximate surface area is 133 Å². The highest BCUT2D eigenvalue weighted by Crippen LogP contribution is 2.23. The van der Waals surface area contributed by atoms with Crippen LogP contribution in [0.3, 0.4) is 0 Å². The van der Waals surface area contributed by atoms with Crippen molar-refractivity contribution in [3.8, 4) is 0 Å². The van der Waals surface area contributed by atoms with Gasteiger partial charge in [-0.2, -0.15) is 0 Å². The predicted octanol–water partition coefficient (Wildman–Crippen LogP) is 5.29. The van der Waals surface area contributed by atoms with Gasteiger partial charge < -0.3 is 5.32 Å². The van der Waals surface area contributed by atoms with Gasteiger partial charge in [0.2, 0.25) is 0 Å². The Morgan fingerprint density at radius 1 is 1.00 bits per heavy atom. The number of benzene rings is 2. The number of hydrogen-bond donors (Lipinski definition) is 1. The quantitative estimate of drug-likeness (QED) is 0.726. The molecule has 2 aromatic carbocycles. The molecule has 100 valence electrons. The van der Waals surface area contributed by atoms with Gasteiger partial charge >= 0.3 is 0 Å². The van der Waals surface area contributed by atoms with Gasteiger partial charge in [-0.3, -0.25) is 0 Å². The molecule has 1 nitrogen and oxygen atoms in total. The first-order chi connectivity index (χ1) is 9.06. The fourth-order valence-corrected chi connectivity index (χ4v) is 2.51. The fraction of sp³-hybridized carbons (Fsp3) is 0.143. The second-order valence-corrected chi connectivity index (χ2v) is 6.20. The van der Waals surface area contributed by atoms with Crippen LogP contribution in [0, 0.1) is 5.82 Å². The van der Waals surface area contributed by atoms with E-state index in [4.69, 9.17) is 11.6 Å². The minimum absolute atomic E-state index is 0.230. The summed E-state index contributed by atoms with van der Waals surface area (Å²) in [5.41, 5.74) is 1.98. The maximum absolute atomic E-state index is 13.1. The molecule has 0 heterocycles. The van der Waals surface area contributed by atoms with Crippen LogP contribution in [-0.4, -0.2) is 0 Å². The molecule has 0 spiro atoms. The second kappa shape index (κ2) is 6.84. The lowest BCUT2D eigenvalue weighted by Crippen LogP contribution is -2.13. The van der Waals surface area contributed by atoms with Crippen LogP contribution in [0.25, 0.3) is 0 Å². The largest absolute Gasteiger partial charge is 0.309 e. The molecule has 0 saturated carbocycles. The Balaban J connectivity index is 1.96.